The van der Waals surface area contributed by atoms with Crippen LogP contribution in [0.3, 0.4) is 0 Å². The van der Waals surface area contributed by atoms with Crippen LogP contribution in [0.25, 0.3) is 0 Å². The van der Waals surface area contributed by atoms with E-state index in [1.54, 1.807) is 25.6 Å². The maximum atomic E-state index is 10.9. The second-order valence-corrected chi connectivity index (χ2v) is 3.86. The quantitative estimate of drug-likeness (QED) is 0.812. The van der Waals surface area contributed by atoms with Crippen molar-refractivity contribution in [1.29, 1.82) is 0 Å². The molecule has 0 N–H and O–H groups in total. The van der Waals surface area contributed by atoms with Gasteiger partial charge in [-0.25, -0.2) is 0 Å². The first-order valence-electron chi connectivity index (χ1n) is 5.51. The van der Waals surface area contributed by atoms with E-state index >= 15 is 0 Å². The highest BCUT2D eigenvalue weighted by Gasteiger charge is 2.03. The molecule has 0 saturated heterocycles. The van der Waals surface area contributed by atoms with Crippen molar-refractivity contribution in [2.45, 2.75) is 13.5 Å². The molecule has 0 radical (unpaired) electrons. The van der Waals surface area contributed by atoms with Gasteiger partial charge in [-0.3, -0.25) is 9.48 Å². The van der Waals surface area contributed by atoms with Crippen molar-refractivity contribution in [2.24, 2.45) is 0 Å². The average Bonchev–Trinajstić information content (AvgIpc) is 2.76. The summed E-state index contributed by atoms with van der Waals surface area (Å²) in [5.41, 5.74) is 0. The third kappa shape index (κ3) is 3.10. The molecule has 0 amide bonds. The molecule has 0 aliphatic rings. The van der Waals surface area contributed by atoms with Gasteiger partial charge in [-0.2, -0.15) is 5.10 Å². The summed E-state index contributed by atoms with van der Waals surface area (Å²) in [6.07, 6.45) is 3.25. The lowest BCUT2D eigenvalue weighted by Crippen LogP contribution is -2.05. The number of rotatable bonds is 5. The number of hydrogen-bond acceptors (Lipinski definition) is 4. The number of nitrogens with zero attached hydrogens (tertiary/aromatic N) is 2. The Kier molecular flexibility index (Phi) is 3.62. The minimum absolute atomic E-state index is 0.0473. The molecule has 0 saturated carbocycles. The number of aromatic nitrogens is 2. The number of ketones is 1. The molecule has 0 atom stereocenters. The van der Waals surface area contributed by atoms with E-state index in [1.807, 2.05) is 18.2 Å². The molecule has 1 aromatic carbocycles. The van der Waals surface area contributed by atoms with Gasteiger partial charge in [-0.15, -0.1) is 0 Å². The van der Waals surface area contributed by atoms with Gasteiger partial charge in [0.25, 0.3) is 0 Å². The van der Waals surface area contributed by atoms with Crippen LogP contribution in [-0.4, -0.2) is 22.7 Å². The summed E-state index contributed by atoms with van der Waals surface area (Å²) in [6, 6.07) is 7.29. The van der Waals surface area contributed by atoms with Gasteiger partial charge in [0.15, 0.2) is 11.5 Å². The smallest absolute Gasteiger partial charge is 0.165 e. The van der Waals surface area contributed by atoms with Crippen LogP contribution in [0.4, 0.5) is 0 Å². The van der Waals surface area contributed by atoms with Crippen molar-refractivity contribution < 1.29 is 14.3 Å². The monoisotopic (exact) mass is 246 g/mol. The van der Waals surface area contributed by atoms with E-state index in [2.05, 4.69) is 5.10 Å². The van der Waals surface area contributed by atoms with E-state index in [9.17, 15) is 4.79 Å². The van der Waals surface area contributed by atoms with Gasteiger partial charge < -0.3 is 9.47 Å². The van der Waals surface area contributed by atoms with Crippen LogP contribution in [0.2, 0.25) is 0 Å². The number of carbonyl (C=O) groups excluding carboxylic acids is 1. The molecule has 0 bridgehead atoms. The number of ether oxygens (including phenoxy) is 2. The Bertz CT molecular complexity index is 549. The van der Waals surface area contributed by atoms with Gasteiger partial charge >= 0.3 is 0 Å². The van der Waals surface area contributed by atoms with E-state index in [0.29, 0.717) is 11.5 Å². The third-order valence-electron chi connectivity index (χ3n) is 2.27. The predicted octanol–water partition coefficient (Wildman–Crippen LogP) is 2.27. The third-order valence-corrected chi connectivity index (χ3v) is 2.27. The first-order chi connectivity index (χ1) is 8.67. The number of carbonyl (C=O) groups is 1. The van der Waals surface area contributed by atoms with Crippen molar-refractivity contribution in [2.75, 3.05) is 7.11 Å². The second-order valence-electron chi connectivity index (χ2n) is 3.86. The molecule has 0 spiro atoms. The summed E-state index contributed by atoms with van der Waals surface area (Å²) in [5.74, 6) is 2.02. The molecule has 0 unspecified atom stereocenters. The van der Waals surface area contributed by atoms with E-state index in [4.69, 9.17) is 9.47 Å². The van der Waals surface area contributed by atoms with Crippen LogP contribution in [0.5, 0.6) is 17.2 Å². The number of Topliss-reactive ketones (excluding diaryl/α,β-unsaturated/α-hetero) is 1. The van der Waals surface area contributed by atoms with Gasteiger partial charge in [0, 0.05) is 6.07 Å². The number of hydrogen-bond donors (Lipinski definition) is 0. The lowest BCUT2D eigenvalue weighted by molar-refractivity contribution is -0.117. The summed E-state index contributed by atoms with van der Waals surface area (Å²) in [6.45, 7) is 1.77. The molecule has 5 nitrogen and oxygen atoms in total. The van der Waals surface area contributed by atoms with Gasteiger partial charge in [-0.1, -0.05) is 6.07 Å². The Morgan fingerprint density at radius 1 is 1.33 bits per heavy atom. The molecule has 5 heteroatoms. The van der Waals surface area contributed by atoms with Crippen LogP contribution >= 0.6 is 0 Å². The van der Waals surface area contributed by atoms with Gasteiger partial charge in [0.2, 0.25) is 0 Å². The SMILES string of the molecule is COc1cccc(Oc2cnn(CC(C)=O)c2)c1. The second kappa shape index (κ2) is 5.35. The molecular weight excluding hydrogens is 232 g/mol. The van der Waals surface area contributed by atoms with Gasteiger partial charge in [0.05, 0.1) is 26.0 Å². The van der Waals surface area contributed by atoms with Crippen molar-refractivity contribution in [3.05, 3.63) is 36.7 Å². The van der Waals surface area contributed by atoms with Crippen LogP contribution in [-0.2, 0) is 11.3 Å². The Labute approximate surface area is 105 Å². The molecule has 1 heterocycles. The first-order valence-corrected chi connectivity index (χ1v) is 5.51. The van der Waals surface area contributed by atoms with Crippen LogP contribution in [0, 0.1) is 0 Å². The average molecular weight is 246 g/mol. The van der Waals surface area contributed by atoms with Crippen molar-refractivity contribution in [3.8, 4) is 17.2 Å². The van der Waals surface area contributed by atoms with Crippen LogP contribution < -0.4 is 9.47 Å². The molecule has 1 aromatic heterocycles. The maximum Gasteiger partial charge on any atom is 0.165 e. The summed E-state index contributed by atoms with van der Waals surface area (Å²) in [7, 11) is 1.60. The fourth-order valence-corrected chi connectivity index (χ4v) is 1.51. The Morgan fingerprint density at radius 3 is 2.83 bits per heavy atom. The molecule has 2 aromatic rings. The van der Waals surface area contributed by atoms with Gasteiger partial charge in [-0.05, 0) is 19.1 Å². The minimum atomic E-state index is 0.0473. The van der Waals surface area contributed by atoms with Gasteiger partial charge in [0.1, 0.15) is 11.5 Å². The maximum absolute atomic E-state index is 10.9. The topological polar surface area (TPSA) is 53.4 Å². The Hall–Kier alpha value is -2.30. The van der Waals surface area contributed by atoms with Crippen molar-refractivity contribution >= 4 is 5.78 Å². The molecule has 94 valence electrons. The van der Waals surface area contributed by atoms with E-state index < -0.39 is 0 Å². The highest BCUT2D eigenvalue weighted by Crippen LogP contribution is 2.24. The fraction of sp³-hybridized carbons (Fsp3) is 0.231. The molecule has 0 aliphatic carbocycles. The van der Waals surface area contributed by atoms with Crippen molar-refractivity contribution in [1.82, 2.24) is 9.78 Å². The first kappa shape index (κ1) is 12.2. The molecule has 0 fully saturated rings. The predicted molar refractivity (Wildman–Crippen MR) is 66.0 cm³/mol. The fourth-order valence-electron chi connectivity index (χ4n) is 1.51. The van der Waals surface area contributed by atoms with E-state index in [0.717, 1.165) is 5.75 Å². The van der Waals surface area contributed by atoms with Crippen LogP contribution in [0.15, 0.2) is 36.7 Å². The summed E-state index contributed by atoms with van der Waals surface area (Å²) < 4.78 is 12.3. The molecular formula is C13H14N2O3. The molecule has 0 aliphatic heterocycles. The highest BCUT2D eigenvalue weighted by atomic mass is 16.5. The van der Waals surface area contributed by atoms with E-state index in [-0.39, 0.29) is 12.3 Å². The number of methoxy groups -OCH3 is 1. The zero-order valence-corrected chi connectivity index (χ0v) is 10.3. The zero-order chi connectivity index (χ0) is 13.0. The Balaban J connectivity index is 2.08. The van der Waals surface area contributed by atoms with Crippen molar-refractivity contribution in [3.63, 3.8) is 0 Å². The normalized spacial score (nSPS) is 10.1. The lowest BCUT2D eigenvalue weighted by Gasteiger charge is -2.04. The van der Waals surface area contributed by atoms with Crippen LogP contribution in [0.1, 0.15) is 6.92 Å². The zero-order valence-electron chi connectivity index (χ0n) is 10.3. The summed E-state index contributed by atoms with van der Waals surface area (Å²) in [4.78, 5) is 10.9. The highest BCUT2D eigenvalue weighted by molar-refractivity contribution is 5.75. The summed E-state index contributed by atoms with van der Waals surface area (Å²) >= 11 is 0. The lowest BCUT2D eigenvalue weighted by atomic mass is 10.3. The molecule has 18 heavy (non-hydrogen) atoms. The van der Waals surface area contributed by atoms with E-state index in [1.165, 1.54) is 11.6 Å². The minimum Gasteiger partial charge on any atom is -0.497 e. The largest absolute Gasteiger partial charge is 0.497 e. The Morgan fingerprint density at radius 2 is 2.11 bits per heavy atom. The number of benzene rings is 1. The standard InChI is InChI=1S/C13H14N2O3/c1-10(16)8-15-9-13(7-14-15)18-12-5-3-4-11(6-12)17-2/h3-7,9H,8H2,1-2H3. The summed E-state index contributed by atoms with van der Waals surface area (Å²) in [5, 5.41) is 4.03. The molecule has 2 rings (SSSR count).